The van der Waals surface area contributed by atoms with Crippen molar-refractivity contribution in [1.82, 2.24) is 10.5 Å². The van der Waals surface area contributed by atoms with Gasteiger partial charge >= 0.3 is 12.1 Å². The van der Waals surface area contributed by atoms with Gasteiger partial charge in [-0.1, -0.05) is 25.9 Å². The Labute approximate surface area is 123 Å². The molecule has 7 nitrogen and oxygen atoms in total. The fraction of sp³-hybridized carbons (Fsp3) is 0.643. The van der Waals surface area contributed by atoms with Gasteiger partial charge in [0, 0.05) is 6.07 Å². The van der Waals surface area contributed by atoms with Crippen LogP contribution in [-0.2, 0) is 4.74 Å². The molecule has 118 valence electrons. The number of hydrogen-bond acceptors (Lipinski definition) is 5. The summed E-state index contributed by atoms with van der Waals surface area (Å²) in [4.78, 5) is 22.8. The van der Waals surface area contributed by atoms with Crippen molar-refractivity contribution in [2.24, 2.45) is 5.41 Å². The van der Waals surface area contributed by atoms with Gasteiger partial charge in [-0.25, -0.2) is 9.59 Å². The molecule has 0 bridgehead atoms. The van der Waals surface area contributed by atoms with E-state index in [0.29, 0.717) is 0 Å². The van der Waals surface area contributed by atoms with E-state index in [1.165, 1.54) is 6.07 Å². The van der Waals surface area contributed by atoms with Crippen LogP contribution in [-0.4, -0.2) is 27.9 Å². The lowest BCUT2D eigenvalue weighted by molar-refractivity contribution is 0.0445. The molecule has 0 spiro atoms. The summed E-state index contributed by atoms with van der Waals surface area (Å²) in [5.74, 6) is -0.916. The molecule has 0 saturated heterocycles. The van der Waals surface area contributed by atoms with E-state index in [1.807, 2.05) is 20.8 Å². The standard InChI is InChI=1S/C14H22N2O5/c1-13(2,3)10(15-12(19)20-14(4,5)6)9-7-8(11(17)18)16-21-9/h7,10H,1-6H3,(H,15,19)(H,17,18). The summed E-state index contributed by atoms with van der Waals surface area (Å²) < 4.78 is 10.3. The van der Waals surface area contributed by atoms with Crippen molar-refractivity contribution in [2.75, 3.05) is 0 Å². The van der Waals surface area contributed by atoms with Crippen LogP contribution in [0.3, 0.4) is 0 Å². The van der Waals surface area contributed by atoms with Crippen LogP contribution in [0.5, 0.6) is 0 Å². The van der Waals surface area contributed by atoms with E-state index in [1.54, 1.807) is 20.8 Å². The van der Waals surface area contributed by atoms with E-state index in [9.17, 15) is 9.59 Å². The fourth-order valence-corrected chi connectivity index (χ4v) is 1.67. The smallest absolute Gasteiger partial charge is 0.408 e. The number of hydrogen-bond donors (Lipinski definition) is 2. The van der Waals surface area contributed by atoms with E-state index >= 15 is 0 Å². The third kappa shape index (κ3) is 5.09. The van der Waals surface area contributed by atoms with E-state index in [0.717, 1.165) is 0 Å². The second-order valence-corrected chi connectivity index (χ2v) is 6.86. The second-order valence-electron chi connectivity index (χ2n) is 6.86. The Morgan fingerprint density at radius 2 is 1.86 bits per heavy atom. The van der Waals surface area contributed by atoms with Crippen LogP contribution in [0.15, 0.2) is 10.6 Å². The molecule has 1 aromatic heterocycles. The van der Waals surface area contributed by atoms with Crippen molar-refractivity contribution in [1.29, 1.82) is 0 Å². The first-order valence-corrected chi connectivity index (χ1v) is 6.59. The Balaban J connectivity index is 2.96. The minimum atomic E-state index is -1.19. The van der Waals surface area contributed by atoms with Crippen molar-refractivity contribution in [3.05, 3.63) is 17.5 Å². The average Bonchev–Trinajstić information content (AvgIpc) is 2.70. The lowest BCUT2D eigenvalue weighted by atomic mass is 9.85. The zero-order chi connectivity index (χ0) is 16.4. The summed E-state index contributed by atoms with van der Waals surface area (Å²) in [5.41, 5.74) is -1.24. The molecule has 21 heavy (non-hydrogen) atoms. The lowest BCUT2D eigenvalue weighted by Crippen LogP contribution is -2.39. The SMILES string of the molecule is CC(C)(C)OC(=O)NC(c1cc(C(=O)O)no1)C(C)(C)C. The van der Waals surface area contributed by atoms with Gasteiger partial charge in [-0.2, -0.15) is 0 Å². The van der Waals surface area contributed by atoms with Gasteiger partial charge in [0.2, 0.25) is 0 Å². The number of rotatable bonds is 3. The Kier molecular flexibility index (Phi) is 4.65. The minimum absolute atomic E-state index is 0.203. The summed E-state index contributed by atoms with van der Waals surface area (Å²) in [5, 5.41) is 15.0. The van der Waals surface area contributed by atoms with Crippen LogP contribution in [0.4, 0.5) is 4.79 Å². The Morgan fingerprint density at radius 1 is 1.29 bits per heavy atom. The number of carboxylic acid groups (broad SMARTS) is 1. The second kappa shape index (κ2) is 5.75. The highest BCUT2D eigenvalue weighted by atomic mass is 16.6. The molecule has 1 atom stereocenters. The first kappa shape index (κ1) is 17.0. The zero-order valence-corrected chi connectivity index (χ0v) is 13.2. The predicted molar refractivity (Wildman–Crippen MR) is 75.0 cm³/mol. The number of carbonyl (C=O) groups is 2. The van der Waals surface area contributed by atoms with Crippen molar-refractivity contribution >= 4 is 12.1 Å². The molecular formula is C14H22N2O5. The topological polar surface area (TPSA) is 102 Å². The van der Waals surface area contributed by atoms with Crippen LogP contribution in [0.25, 0.3) is 0 Å². The van der Waals surface area contributed by atoms with Gasteiger partial charge in [-0.05, 0) is 26.2 Å². The molecule has 0 aliphatic heterocycles. The number of nitrogens with zero attached hydrogens (tertiary/aromatic N) is 1. The van der Waals surface area contributed by atoms with Crippen molar-refractivity contribution in [3.8, 4) is 0 Å². The first-order chi connectivity index (χ1) is 9.40. The summed E-state index contributed by atoms with van der Waals surface area (Å²) in [6.45, 7) is 10.9. The van der Waals surface area contributed by atoms with E-state index < -0.39 is 29.1 Å². The molecule has 1 amide bonds. The maximum atomic E-state index is 11.9. The van der Waals surface area contributed by atoms with Crippen LogP contribution in [0.2, 0.25) is 0 Å². The van der Waals surface area contributed by atoms with Crippen molar-refractivity contribution in [2.45, 2.75) is 53.2 Å². The Morgan fingerprint density at radius 3 is 2.24 bits per heavy atom. The van der Waals surface area contributed by atoms with E-state index in [2.05, 4.69) is 10.5 Å². The minimum Gasteiger partial charge on any atom is -0.476 e. The molecule has 1 heterocycles. The van der Waals surface area contributed by atoms with Crippen molar-refractivity contribution < 1.29 is 24.0 Å². The highest BCUT2D eigenvalue weighted by Crippen LogP contribution is 2.33. The van der Waals surface area contributed by atoms with E-state index in [4.69, 9.17) is 14.4 Å². The number of carboxylic acids is 1. The summed E-state index contributed by atoms with van der Waals surface area (Å²) in [6, 6.07) is 0.739. The summed E-state index contributed by atoms with van der Waals surface area (Å²) in [7, 11) is 0. The molecule has 2 N–H and O–H groups in total. The Bertz CT molecular complexity index is 522. The quantitative estimate of drug-likeness (QED) is 0.889. The highest BCUT2D eigenvalue weighted by Gasteiger charge is 2.33. The molecule has 0 fully saturated rings. The molecule has 0 saturated carbocycles. The number of aromatic nitrogens is 1. The third-order valence-electron chi connectivity index (χ3n) is 2.56. The molecule has 1 unspecified atom stereocenters. The number of aromatic carboxylic acids is 1. The number of carbonyl (C=O) groups excluding carboxylic acids is 1. The van der Waals surface area contributed by atoms with Gasteiger partial charge in [0.25, 0.3) is 0 Å². The first-order valence-electron chi connectivity index (χ1n) is 6.59. The van der Waals surface area contributed by atoms with Gasteiger partial charge < -0.3 is 19.7 Å². The summed E-state index contributed by atoms with van der Waals surface area (Å²) in [6.07, 6.45) is -0.601. The van der Waals surface area contributed by atoms with Gasteiger partial charge in [0.05, 0.1) is 6.04 Å². The largest absolute Gasteiger partial charge is 0.476 e. The van der Waals surface area contributed by atoms with E-state index in [-0.39, 0.29) is 11.5 Å². The molecule has 0 aromatic carbocycles. The zero-order valence-electron chi connectivity index (χ0n) is 13.2. The maximum Gasteiger partial charge on any atom is 0.408 e. The van der Waals surface area contributed by atoms with Crippen LogP contribution in [0.1, 0.15) is 63.8 Å². The molecule has 0 aliphatic rings. The van der Waals surface area contributed by atoms with Crippen LogP contribution >= 0.6 is 0 Å². The predicted octanol–water partition coefficient (Wildman–Crippen LogP) is 2.98. The monoisotopic (exact) mass is 298 g/mol. The molecule has 1 rings (SSSR count). The highest BCUT2D eigenvalue weighted by molar-refractivity contribution is 5.85. The van der Waals surface area contributed by atoms with Gasteiger partial charge in [0.1, 0.15) is 5.60 Å². The normalized spacial score (nSPS) is 13.6. The number of amides is 1. The number of ether oxygens (including phenoxy) is 1. The van der Waals surface area contributed by atoms with Gasteiger partial charge in [0.15, 0.2) is 11.5 Å². The molecule has 1 aromatic rings. The lowest BCUT2D eigenvalue weighted by Gasteiger charge is -2.30. The maximum absolute atomic E-state index is 11.9. The molecule has 0 radical (unpaired) electrons. The fourth-order valence-electron chi connectivity index (χ4n) is 1.67. The third-order valence-corrected chi connectivity index (χ3v) is 2.56. The Hall–Kier alpha value is -2.05. The summed E-state index contributed by atoms with van der Waals surface area (Å²) >= 11 is 0. The van der Waals surface area contributed by atoms with Crippen LogP contribution < -0.4 is 5.32 Å². The van der Waals surface area contributed by atoms with Crippen LogP contribution in [0, 0.1) is 5.41 Å². The number of alkyl carbamates (subject to hydrolysis) is 1. The number of nitrogens with one attached hydrogen (secondary N) is 1. The van der Waals surface area contributed by atoms with Gasteiger partial charge in [-0.15, -0.1) is 0 Å². The average molecular weight is 298 g/mol. The molecule has 7 heteroatoms. The molecule has 0 aliphatic carbocycles. The van der Waals surface area contributed by atoms with Gasteiger partial charge in [-0.3, -0.25) is 0 Å². The van der Waals surface area contributed by atoms with Crippen molar-refractivity contribution in [3.63, 3.8) is 0 Å². The molecular weight excluding hydrogens is 276 g/mol.